The largest absolute Gasteiger partial charge is 0.748 e. The zero-order chi connectivity index (χ0) is 24.2. The Bertz CT molecular complexity index is 1330. The van der Waals surface area contributed by atoms with Crippen molar-refractivity contribution in [2.75, 3.05) is 18.9 Å². The Balaban J connectivity index is 1.85. The second kappa shape index (κ2) is 8.13. The van der Waals surface area contributed by atoms with Gasteiger partial charge in [0.25, 0.3) is 0 Å². The molecule has 0 saturated carbocycles. The van der Waals surface area contributed by atoms with Crippen molar-refractivity contribution >= 4 is 21.8 Å². The zero-order valence-electron chi connectivity index (χ0n) is 20.3. The zero-order valence-corrected chi connectivity index (χ0v) is 21.1. The Hall–Kier alpha value is -2.38. The lowest BCUT2D eigenvalue weighted by atomic mass is 9.75. The van der Waals surface area contributed by atoms with E-state index in [2.05, 4.69) is 57.4 Å². The van der Waals surface area contributed by atoms with E-state index in [1.165, 1.54) is 5.57 Å². The lowest BCUT2D eigenvalue weighted by Gasteiger charge is -2.34. The summed E-state index contributed by atoms with van der Waals surface area (Å²) in [7, 11) is -4.25. The van der Waals surface area contributed by atoms with Crippen molar-refractivity contribution in [3.05, 3.63) is 57.5 Å². The van der Waals surface area contributed by atoms with E-state index in [-0.39, 0.29) is 23.1 Å². The van der Waals surface area contributed by atoms with Crippen LogP contribution in [0.5, 0.6) is 5.75 Å². The summed E-state index contributed by atoms with van der Waals surface area (Å²) in [6.45, 7) is 13.8. The second-order valence-corrected chi connectivity index (χ2v) is 11.8. The van der Waals surface area contributed by atoms with Crippen molar-refractivity contribution in [3.8, 4) is 5.75 Å². The van der Waals surface area contributed by atoms with E-state index in [1.54, 1.807) is 0 Å². The highest BCUT2D eigenvalue weighted by Gasteiger charge is 2.36. The highest BCUT2D eigenvalue weighted by atomic mass is 32.2. The first kappa shape index (κ1) is 23.8. The van der Waals surface area contributed by atoms with Crippen LogP contribution in [-0.4, -0.2) is 37.4 Å². The van der Waals surface area contributed by atoms with Gasteiger partial charge in [-0.05, 0) is 37.6 Å². The van der Waals surface area contributed by atoms with Crippen LogP contribution >= 0.6 is 0 Å². The van der Waals surface area contributed by atoms with E-state index in [0.29, 0.717) is 13.2 Å². The third kappa shape index (κ3) is 4.66. The van der Waals surface area contributed by atoms with E-state index in [0.717, 1.165) is 45.4 Å². The molecule has 0 amide bonds. The molecule has 178 valence electrons. The van der Waals surface area contributed by atoms with Gasteiger partial charge in [-0.15, -0.1) is 0 Å². The molecule has 7 heteroatoms. The molecule has 1 aliphatic carbocycles. The van der Waals surface area contributed by atoms with E-state index in [9.17, 15) is 13.0 Å². The van der Waals surface area contributed by atoms with Crippen LogP contribution in [0.2, 0.25) is 0 Å². The number of hydrogen-bond donors (Lipinski definition) is 0. The fourth-order valence-electron chi connectivity index (χ4n) is 5.17. The molecule has 0 aromatic heterocycles. The Kier molecular flexibility index (Phi) is 5.86. The van der Waals surface area contributed by atoms with Gasteiger partial charge in [0.05, 0.1) is 22.8 Å². The number of nitrogens with zero attached hydrogens (tertiary/aromatic N) is 1. The fraction of sp³-hybridized carbons (Fsp3) is 0.500. The van der Waals surface area contributed by atoms with Crippen LogP contribution in [0.1, 0.15) is 59.9 Å². The number of ether oxygens (including phenoxy) is 2. The maximum Gasteiger partial charge on any atom is 0.211 e. The lowest BCUT2D eigenvalue weighted by Crippen LogP contribution is -2.50. The van der Waals surface area contributed by atoms with Gasteiger partial charge in [0.15, 0.2) is 5.54 Å². The molecule has 0 saturated heterocycles. The van der Waals surface area contributed by atoms with Gasteiger partial charge < -0.3 is 14.0 Å². The van der Waals surface area contributed by atoms with Crippen LogP contribution in [0.25, 0.3) is 11.6 Å². The summed E-state index contributed by atoms with van der Waals surface area (Å²) < 4.78 is 47.9. The molecule has 6 nitrogen and oxygen atoms in total. The molecule has 0 unspecified atom stereocenters. The van der Waals surface area contributed by atoms with Gasteiger partial charge in [0.2, 0.25) is 5.36 Å². The number of benzene rings is 1. The molecule has 1 aromatic rings. The molecule has 0 bridgehead atoms. The Morgan fingerprint density at radius 1 is 1.18 bits per heavy atom. The normalized spacial score (nSPS) is 20.5. The van der Waals surface area contributed by atoms with E-state index >= 15 is 0 Å². The predicted molar refractivity (Wildman–Crippen MR) is 129 cm³/mol. The number of rotatable bonds is 6. The van der Waals surface area contributed by atoms with Gasteiger partial charge in [0, 0.05) is 60.3 Å². The summed E-state index contributed by atoms with van der Waals surface area (Å²) in [5.41, 5.74) is 3.00. The Labute approximate surface area is 196 Å². The minimum absolute atomic E-state index is 0.106. The van der Waals surface area contributed by atoms with Crippen molar-refractivity contribution in [3.63, 3.8) is 0 Å². The molecule has 0 fully saturated rings. The van der Waals surface area contributed by atoms with Crippen molar-refractivity contribution in [1.82, 2.24) is 4.58 Å². The topological polar surface area (TPSA) is 78.7 Å². The standard InChI is InChI=1S/C26H33NO5S/c1-7-31-19-13-24-21(25(3,4)16-19)12-18-11-20-17(2)15-26(5,6)27(9-8-10-33(28,29)30)22(20)14-23(18)32-24/h11-15H,7-10,16H2,1-6H3. The highest BCUT2D eigenvalue weighted by Crippen LogP contribution is 2.42. The summed E-state index contributed by atoms with van der Waals surface area (Å²) in [5, 5.41) is 2.02. The summed E-state index contributed by atoms with van der Waals surface area (Å²) in [6.07, 6.45) is 7.51. The van der Waals surface area contributed by atoms with Crippen molar-refractivity contribution in [2.45, 2.75) is 59.9 Å². The first-order chi connectivity index (χ1) is 15.3. The van der Waals surface area contributed by atoms with Crippen molar-refractivity contribution in [2.24, 2.45) is 5.41 Å². The van der Waals surface area contributed by atoms with Crippen LogP contribution in [0.15, 0.2) is 41.4 Å². The van der Waals surface area contributed by atoms with Crippen molar-refractivity contribution in [1.29, 1.82) is 0 Å². The van der Waals surface area contributed by atoms with Crippen LogP contribution < -0.4 is 19.9 Å². The van der Waals surface area contributed by atoms with Crippen LogP contribution in [0.3, 0.4) is 0 Å². The number of hydrogen-bond acceptors (Lipinski definition) is 5. The predicted octanol–water partition coefficient (Wildman–Crippen LogP) is 3.09. The highest BCUT2D eigenvalue weighted by molar-refractivity contribution is 7.85. The first-order valence-electron chi connectivity index (χ1n) is 11.5. The molecule has 4 rings (SSSR count). The van der Waals surface area contributed by atoms with Gasteiger partial charge in [0.1, 0.15) is 23.8 Å². The van der Waals surface area contributed by atoms with E-state index in [1.807, 2.05) is 19.1 Å². The number of fused-ring (bicyclic) bond motifs is 2. The lowest BCUT2D eigenvalue weighted by molar-refractivity contribution is 0.189. The molecule has 3 aliphatic rings. The van der Waals surface area contributed by atoms with Gasteiger partial charge >= 0.3 is 0 Å². The molecule has 0 N–H and O–H groups in total. The molecule has 2 heterocycles. The molecular formula is C26H33NO5S. The average Bonchev–Trinajstić information content (AvgIpc) is 2.67. The summed E-state index contributed by atoms with van der Waals surface area (Å²) in [6, 6.07) is 4.20. The van der Waals surface area contributed by atoms with Gasteiger partial charge in [-0.2, -0.15) is 0 Å². The molecule has 0 radical (unpaired) electrons. The minimum atomic E-state index is -4.25. The minimum Gasteiger partial charge on any atom is -0.748 e. The van der Waals surface area contributed by atoms with Gasteiger partial charge in [-0.1, -0.05) is 13.8 Å². The SMILES string of the molecule is CCOC1=CC2=C(C=c3cc4c(cc3O2)=[N+](CCCS(=O)(=O)[O-])C(C)(C)C=C4C)C(C)(C)C1. The molecule has 1 aromatic carbocycles. The molecule has 33 heavy (non-hydrogen) atoms. The second-order valence-electron chi connectivity index (χ2n) is 10.3. The third-order valence-corrected chi connectivity index (χ3v) is 7.43. The average molecular weight is 472 g/mol. The maximum absolute atomic E-state index is 11.2. The van der Waals surface area contributed by atoms with E-state index in [4.69, 9.17) is 9.47 Å². The van der Waals surface area contributed by atoms with E-state index < -0.39 is 10.1 Å². The summed E-state index contributed by atoms with van der Waals surface area (Å²) >= 11 is 0. The smallest absolute Gasteiger partial charge is 0.211 e. The maximum atomic E-state index is 11.2. The quantitative estimate of drug-likeness (QED) is 0.471. The van der Waals surface area contributed by atoms with Crippen molar-refractivity contribution < 1.29 is 22.4 Å². The molecule has 2 aliphatic heterocycles. The fourth-order valence-corrected chi connectivity index (χ4v) is 5.66. The summed E-state index contributed by atoms with van der Waals surface area (Å²) in [4.78, 5) is 0. The van der Waals surface area contributed by atoms with Gasteiger partial charge in [-0.3, -0.25) is 0 Å². The van der Waals surface area contributed by atoms with Crippen LogP contribution in [-0.2, 0) is 14.9 Å². The first-order valence-corrected chi connectivity index (χ1v) is 13.1. The number of allylic oxidation sites excluding steroid dienone is 4. The molecule has 0 spiro atoms. The Morgan fingerprint density at radius 2 is 1.91 bits per heavy atom. The Morgan fingerprint density at radius 3 is 2.58 bits per heavy atom. The monoisotopic (exact) mass is 471 g/mol. The summed E-state index contributed by atoms with van der Waals surface area (Å²) in [5.74, 6) is 2.14. The third-order valence-electron chi connectivity index (χ3n) is 6.64. The van der Waals surface area contributed by atoms with Gasteiger partial charge in [-0.25, -0.2) is 13.0 Å². The van der Waals surface area contributed by atoms with Crippen LogP contribution in [0, 0.1) is 5.41 Å². The molecular weight excluding hydrogens is 438 g/mol. The van der Waals surface area contributed by atoms with Crippen LogP contribution in [0.4, 0.5) is 0 Å². The molecule has 0 atom stereocenters.